The van der Waals surface area contributed by atoms with Crippen LogP contribution in [0.2, 0.25) is 0 Å². The van der Waals surface area contributed by atoms with Crippen LogP contribution < -0.4 is 14.9 Å². The second kappa shape index (κ2) is 10.8. The maximum absolute atomic E-state index is 12.6. The monoisotopic (exact) mass is 492 g/mol. The van der Waals surface area contributed by atoms with Crippen molar-refractivity contribution in [1.29, 1.82) is 0 Å². The molecule has 0 atom stereocenters. The van der Waals surface area contributed by atoms with E-state index in [9.17, 15) is 18.0 Å². The van der Waals surface area contributed by atoms with Gasteiger partial charge in [-0.3, -0.25) is 9.59 Å². The number of sulfonamides is 1. The van der Waals surface area contributed by atoms with Gasteiger partial charge in [-0.05, 0) is 68.1 Å². The molecule has 8 nitrogen and oxygen atoms in total. The lowest BCUT2D eigenvalue weighted by molar-refractivity contribution is 0.101. The van der Waals surface area contributed by atoms with Gasteiger partial charge in [-0.25, -0.2) is 18.1 Å². The second-order valence-corrected chi connectivity index (χ2v) is 10.3. The number of carbonyl (C=O) groups is 2. The van der Waals surface area contributed by atoms with Gasteiger partial charge in [0.15, 0.2) is 5.78 Å². The highest BCUT2D eigenvalue weighted by atomic mass is 32.2. The molecule has 182 valence electrons. The fraction of sp³-hybridized carbons (Fsp3) is 0.269. The summed E-state index contributed by atoms with van der Waals surface area (Å²) in [5, 5.41) is 2.84. The Kier molecular flexibility index (Phi) is 7.57. The minimum Gasteiger partial charge on any atom is -0.357 e. The summed E-state index contributed by atoms with van der Waals surface area (Å²) in [4.78, 5) is 30.8. The smallest absolute Gasteiger partial charge is 0.255 e. The number of hydrogen-bond donors (Lipinski definition) is 2. The summed E-state index contributed by atoms with van der Waals surface area (Å²) >= 11 is 0. The molecular weight excluding hydrogens is 464 g/mol. The van der Waals surface area contributed by atoms with E-state index in [0.717, 1.165) is 18.9 Å². The van der Waals surface area contributed by atoms with Crippen molar-refractivity contribution < 1.29 is 18.0 Å². The van der Waals surface area contributed by atoms with Gasteiger partial charge in [-0.1, -0.05) is 24.3 Å². The predicted molar refractivity (Wildman–Crippen MR) is 135 cm³/mol. The quantitative estimate of drug-likeness (QED) is 0.460. The first-order valence-corrected chi connectivity index (χ1v) is 13.0. The Balaban J connectivity index is 1.32. The number of Topliss-reactive ketones (excluding diaryl/α,β-unsaturated/α-hetero) is 1. The summed E-state index contributed by atoms with van der Waals surface area (Å²) < 4.78 is 27.6. The molecule has 0 saturated carbocycles. The van der Waals surface area contributed by atoms with Crippen LogP contribution in [0.1, 0.15) is 52.5 Å². The number of ketones is 1. The maximum Gasteiger partial charge on any atom is 0.255 e. The van der Waals surface area contributed by atoms with Crippen molar-refractivity contribution in [2.24, 2.45) is 0 Å². The third-order valence-corrected chi connectivity index (χ3v) is 7.36. The molecule has 1 aliphatic rings. The molecule has 0 aliphatic carbocycles. The highest BCUT2D eigenvalue weighted by Gasteiger charge is 2.15. The van der Waals surface area contributed by atoms with E-state index in [-0.39, 0.29) is 23.1 Å². The molecule has 2 heterocycles. The van der Waals surface area contributed by atoms with Gasteiger partial charge in [0.25, 0.3) is 5.91 Å². The van der Waals surface area contributed by atoms with Gasteiger partial charge in [0.05, 0.1) is 16.8 Å². The van der Waals surface area contributed by atoms with Gasteiger partial charge in [-0.2, -0.15) is 0 Å². The van der Waals surface area contributed by atoms with Crippen LogP contribution in [-0.2, 0) is 16.6 Å². The predicted octanol–water partition coefficient (Wildman–Crippen LogP) is 4.01. The normalized spacial score (nSPS) is 13.9. The molecule has 4 rings (SSSR count). The Morgan fingerprint density at radius 3 is 2.14 bits per heavy atom. The van der Waals surface area contributed by atoms with Gasteiger partial charge in [0.1, 0.15) is 5.82 Å². The number of benzene rings is 2. The van der Waals surface area contributed by atoms with Gasteiger partial charge >= 0.3 is 0 Å². The van der Waals surface area contributed by atoms with Crippen molar-refractivity contribution >= 4 is 33.2 Å². The topological polar surface area (TPSA) is 108 Å². The summed E-state index contributed by atoms with van der Waals surface area (Å²) in [5.74, 6) is 0.524. The molecule has 35 heavy (non-hydrogen) atoms. The number of nitrogens with zero attached hydrogens (tertiary/aromatic N) is 2. The minimum absolute atomic E-state index is 0.0700. The number of nitrogens with one attached hydrogen (secondary N) is 2. The number of amides is 1. The van der Waals surface area contributed by atoms with Crippen LogP contribution >= 0.6 is 0 Å². The van der Waals surface area contributed by atoms with Crippen LogP contribution in [0.5, 0.6) is 0 Å². The minimum atomic E-state index is -3.73. The SMILES string of the molecule is CC(=O)c1ccc(S(=O)(=O)NCc2ccc(C(=O)Nc3ccc(N4CCCCC4)nc3)cc2)cc1. The summed E-state index contributed by atoms with van der Waals surface area (Å²) in [7, 11) is -3.73. The molecule has 0 bridgehead atoms. The number of anilines is 2. The number of aromatic nitrogens is 1. The highest BCUT2D eigenvalue weighted by Crippen LogP contribution is 2.19. The third-order valence-electron chi connectivity index (χ3n) is 5.94. The Hall–Kier alpha value is -3.56. The molecule has 0 radical (unpaired) electrons. The Bertz CT molecular complexity index is 1280. The van der Waals surface area contributed by atoms with E-state index in [2.05, 4.69) is 19.9 Å². The number of piperidine rings is 1. The molecule has 1 amide bonds. The van der Waals surface area contributed by atoms with E-state index < -0.39 is 10.0 Å². The molecule has 0 spiro atoms. The molecule has 2 aromatic carbocycles. The van der Waals surface area contributed by atoms with Gasteiger partial charge in [-0.15, -0.1) is 0 Å². The summed E-state index contributed by atoms with van der Waals surface area (Å²) in [5.41, 5.74) is 2.23. The first-order chi connectivity index (χ1) is 16.8. The van der Waals surface area contributed by atoms with Crippen molar-refractivity contribution in [2.75, 3.05) is 23.3 Å². The van der Waals surface area contributed by atoms with Crippen molar-refractivity contribution in [2.45, 2.75) is 37.6 Å². The molecule has 1 saturated heterocycles. The van der Waals surface area contributed by atoms with E-state index in [1.54, 1.807) is 30.5 Å². The number of rotatable bonds is 8. The fourth-order valence-corrected chi connectivity index (χ4v) is 4.90. The zero-order valence-electron chi connectivity index (χ0n) is 19.5. The zero-order valence-corrected chi connectivity index (χ0v) is 20.3. The highest BCUT2D eigenvalue weighted by molar-refractivity contribution is 7.89. The first-order valence-electron chi connectivity index (χ1n) is 11.5. The van der Waals surface area contributed by atoms with Crippen LogP contribution in [0.25, 0.3) is 0 Å². The Morgan fingerprint density at radius 2 is 1.54 bits per heavy atom. The number of hydrogen-bond acceptors (Lipinski definition) is 6. The number of pyridine rings is 1. The van der Waals surface area contributed by atoms with Crippen molar-refractivity contribution in [3.63, 3.8) is 0 Å². The van der Waals surface area contributed by atoms with Gasteiger partial charge < -0.3 is 10.2 Å². The number of carbonyl (C=O) groups excluding carboxylic acids is 2. The average Bonchev–Trinajstić information content (AvgIpc) is 2.89. The van der Waals surface area contributed by atoms with Crippen molar-refractivity contribution in [3.8, 4) is 0 Å². The van der Waals surface area contributed by atoms with Crippen molar-refractivity contribution in [1.82, 2.24) is 9.71 Å². The van der Waals surface area contributed by atoms with Crippen LogP contribution in [0, 0.1) is 0 Å². The van der Waals surface area contributed by atoms with E-state index in [4.69, 9.17) is 0 Å². The third kappa shape index (κ3) is 6.32. The second-order valence-electron chi connectivity index (χ2n) is 8.51. The van der Waals surface area contributed by atoms with Gasteiger partial charge in [0.2, 0.25) is 10.0 Å². The van der Waals surface area contributed by atoms with Crippen LogP contribution in [0.3, 0.4) is 0 Å². The van der Waals surface area contributed by atoms with E-state index in [1.807, 2.05) is 12.1 Å². The molecule has 1 aromatic heterocycles. The van der Waals surface area contributed by atoms with E-state index in [0.29, 0.717) is 22.4 Å². The van der Waals surface area contributed by atoms with Crippen molar-refractivity contribution in [3.05, 3.63) is 83.6 Å². The lowest BCUT2D eigenvalue weighted by Gasteiger charge is -2.27. The Labute approximate surface area is 205 Å². The molecule has 1 fully saturated rings. The summed E-state index contributed by atoms with van der Waals surface area (Å²) in [6, 6.07) is 16.3. The first kappa shape index (κ1) is 24.6. The van der Waals surface area contributed by atoms with Crippen LogP contribution in [0.15, 0.2) is 71.8 Å². The molecule has 9 heteroatoms. The molecule has 1 aliphatic heterocycles. The van der Waals surface area contributed by atoms with Gasteiger partial charge in [0, 0.05) is 30.8 Å². The molecule has 0 unspecified atom stereocenters. The Morgan fingerprint density at radius 1 is 0.886 bits per heavy atom. The van der Waals surface area contributed by atoms with Crippen LogP contribution in [0.4, 0.5) is 11.5 Å². The maximum atomic E-state index is 12.6. The lowest BCUT2D eigenvalue weighted by Crippen LogP contribution is -2.30. The molecule has 2 N–H and O–H groups in total. The largest absolute Gasteiger partial charge is 0.357 e. The lowest BCUT2D eigenvalue weighted by atomic mass is 10.1. The molecule has 3 aromatic rings. The summed E-state index contributed by atoms with van der Waals surface area (Å²) in [6.07, 6.45) is 5.26. The van der Waals surface area contributed by atoms with E-state index in [1.165, 1.54) is 50.5 Å². The van der Waals surface area contributed by atoms with Crippen LogP contribution in [-0.4, -0.2) is 38.2 Å². The molecular formula is C26H28N4O4S. The zero-order chi connectivity index (χ0) is 24.8. The standard InChI is InChI=1S/C26H28N4O4S/c1-19(31)21-9-12-24(13-10-21)35(33,34)28-17-20-5-7-22(8-6-20)26(32)29-23-11-14-25(27-18-23)30-15-3-2-4-16-30/h5-14,18,28H,2-4,15-17H2,1H3,(H,29,32). The average molecular weight is 493 g/mol. The fourth-order valence-electron chi connectivity index (χ4n) is 3.88. The van der Waals surface area contributed by atoms with E-state index >= 15 is 0 Å². The summed E-state index contributed by atoms with van der Waals surface area (Å²) in [6.45, 7) is 3.51.